The van der Waals surface area contributed by atoms with Crippen molar-refractivity contribution < 1.29 is 5.11 Å². The van der Waals surface area contributed by atoms with Gasteiger partial charge < -0.3 is 5.11 Å². The van der Waals surface area contributed by atoms with Crippen molar-refractivity contribution in [2.75, 3.05) is 5.75 Å². The van der Waals surface area contributed by atoms with Gasteiger partial charge >= 0.3 is 0 Å². The molecule has 0 amide bonds. The number of hydrogen-bond donors (Lipinski definition) is 1. The third-order valence-electron chi connectivity index (χ3n) is 2.10. The summed E-state index contributed by atoms with van der Waals surface area (Å²) in [6.45, 7) is 2.23. The van der Waals surface area contributed by atoms with Gasteiger partial charge in [-0.15, -0.1) is 0 Å². The van der Waals surface area contributed by atoms with E-state index in [1.165, 1.54) is 30.6 Å². The van der Waals surface area contributed by atoms with Crippen molar-refractivity contribution in [3.63, 3.8) is 0 Å². The molecule has 0 aliphatic heterocycles. The molecule has 1 aromatic rings. The number of aromatic hydroxyl groups is 1. The predicted molar refractivity (Wildman–Crippen MR) is 63.8 cm³/mol. The zero-order chi connectivity index (χ0) is 10.2. The van der Waals surface area contributed by atoms with Gasteiger partial charge in [0, 0.05) is 5.75 Å². The van der Waals surface area contributed by atoms with Gasteiger partial charge in [-0.1, -0.05) is 31.9 Å². The molecule has 0 radical (unpaired) electrons. The van der Waals surface area contributed by atoms with Gasteiger partial charge in [-0.05, 0) is 29.9 Å². The Morgan fingerprint density at radius 1 is 1.14 bits per heavy atom. The van der Waals surface area contributed by atoms with Crippen LogP contribution in [-0.2, 0) is 5.75 Å². The fraction of sp³-hybridized carbons (Fsp3) is 0.500. The maximum Gasteiger partial charge on any atom is 0.115 e. The van der Waals surface area contributed by atoms with Crippen LogP contribution in [0.25, 0.3) is 0 Å². The molecule has 2 heteroatoms. The van der Waals surface area contributed by atoms with Gasteiger partial charge in [-0.2, -0.15) is 11.8 Å². The van der Waals surface area contributed by atoms with Crippen LogP contribution in [0, 0.1) is 0 Å². The summed E-state index contributed by atoms with van der Waals surface area (Å²) in [4.78, 5) is 0. The normalized spacial score (nSPS) is 10.4. The molecule has 1 nitrogen and oxygen atoms in total. The highest BCUT2D eigenvalue weighted by Gasteiger charge is 1.94. The van der Waals surface area contributed by atoms with Crippen LogP contribution in [0.3, 0.4) is 0 Å². The second-order valence-electron chi connectivity index (χ2n) is 3.43. The average molecular weight is 210 g/mol. The molecule has 0 aliphatic rings. The molecule has 0 fully saturated rings. The third kappa shape index (κ3) is 4.56. The maximum absolute atomic E-state index is 9.09. The van der Waals surface area contributed by atoms with Crippen molar-refractivity contribution in [3.05, 3.63) is 29.8 Å². The van der Waals surface area contributed by atoms with Crippen molar-refractivity contribution in [2.45, 2.75) is 31.9 Å². The van der Waals surface area contributed by atoms with Crippen molar-refractivity contribution in [2.24, 2.45) is 0 Å². The zero-order valence-electron chi connectivity index (χ0n) is 8.70. The highest BCUT2D eigenvalue weighted by Crippen LogP contribution is 2.16. The number of hydrogen-bond acceptors (Lipinski definition) is 2. The average Bonchev–Trinajstić information content (AvgIpc) is 2.21. The first-order valence-corrected chi connectivity index (χ1v) is 6.34. The molecule has 0 heterocycles. The Kier molecular flexibility index (Phi) is 5.53. The van der Waals surface area contributed by atoms with E-state index in [-0.39, 0.29) is 0 Å². The Morgan fingerprint density at radius 3 is 2.50 bits per heavy atom. The molecule has 0 aliphatic carbocycles. The molecule has 0 saturated heterocycles. The molecule has 0 spiro atoms. The first-order valence-electron chi connectivity index (χ1n) is 5.18. The van der Waals surface area contributed by atoms with E-state index in [0.717, 1.165) is 5.75 Å². The fourth-order valence-electron chi connectivity index (χ4n) is 1.24. The number of phenols is 1. The van der Waals surface area contributed by atoms with Crippen LogP contribution in [0.2, 0.25) is 0 Å². The second-order valence-corrected chi connectivity index (χ2v) is 4.53. The SMILES string of the molecule is CCCCCSCc1ccc(O)cc1. The standard InChI is InChI=1S/C12H18OS/c1-2-3-4-9-14-10-11-5-7-12(13)8-6-11/h5-8,13H,2-4,9-10H2,1H3. The highest BCUT2D eigenvalue weighted by atomic mass is 32.2. The fourth-order valence-corrected chi connectivity index (χ4v) is 2.22. The van der Waals surface area contributed by atoms with Gasteiger partial charge in [0.1, 0.15) is 5.75 Å². The minimum Gasteiger partial charge on any atom is -0.508 e. The van der Waals surface area contributed by atoms with Gasteiger partial charge in [0.15, 0.2) is 0 Å². The lowest BCUT2D eigenvalue weighted by atomic mass is 10.2. The predicted octanol–water partition coefficient (Wildman–Crippen LogP) is 3.82. The molecular weight excluding hydrogens is 192 g/mol. The number of unbranched alkanes of at least 4 members (excludes halogenated alkanes) is 2. The van der Waals surface area contributed by atoms with Gasteiger partial charge in [0.25, 0.3) is 0 Å². The lowest BCUT2D eigenvalue weighted by Crippen LogP contribution is -1.83. The Labute approximate surface area is 90.5 Å². The van der Waals surface area contributed by atoms with E-state index in [0.29, 0.717) is 5.75 Å². The van der Waals surface area contributed by atoms with Crippen LogP contribution < -0.4 is 0 Å². The first-order chi connectivity index (χ1) is 6.83. The van der Waals surface area contributed by atoms with Gasteiger partial charge in [0.05, 0.1) is 0 Å². The van der Waals surface area contributed by atoms with Crippen LogP contribution in [-0.4, -0.2) is 10.9 Å². The van der Waals surface area contributed by atoms with Gasteiger partial charge in [0.2, 0.25) is 0 Å². The Balaban J connectivity index is 2.15. The minimum atomic E-state index is 0.352. The maximum atomic E-state index is 9.09. The lowest BCUT2D eigenvalue weighted by molar-refractivity contribution is 0.475. The molecule has 1 N–H and O–H groups in total. The van der Waals surface area contributed by atoms with Crippen molar-refractivity contribution >= 4 is 11.8 Å². The molecule has 14 heavy (non-hydrogen) atoms. The quantitative estimate of drug-likeness (QED) is 0.720. The molecule has 1 aromatic carbocycles. The minimum absolute atomic E-state index is 0.352. The molecule has 0 aromatic heterocycles. The largest absolute Gasteiger partial charge is 0.508 e. The van der Waals surface area contributed by atoms with Gasteiger partial charge in [-0.3, -0.25) is 0 Å². The molecule has 0 bridgehead atoms. The lowest BCUT2D eigenvalue weighted by Gasteiger charge is -2.01. The van der Waals surface area contributed by atoms with Crippen molar-refractivity contribution in [1.29, 1.82) is 0 Å². The molecule has 1 rings (SSSR count). The van der Waals surface area contributed by atoms with Crippen LogP contribution in [0.4, 0.5) is 0 Å². The Hall–Kier alpha value is -0.630. The van der Waals surface area contributed by atoms with E-state index in [9.17, 15) is 0 Å². The Morgan fingerprint density at radius 2 is 1.86 bits per heavy atom. The van der Waals surface area contributed by atoms with Crippen LogP contribution in [0.15, 0.2) is 24.3 Å². The van der Waals surface area contributed by atoms with E-state index in [2.05, 4.69) is 6.92 Å². The molecule has 0 unspecified atom stereocenters. The summed E-state index contributed by atoms with van der Waals surface area (Å²) in [6, 6.07) is 7.48. The van der Waals surface area contributed by atoms with E-state index >= 15 is 0 Å². The van der Waals surface area contributed by atoms with E-state index in [1.54, 1.807) is 12.1 Å². The summed E-state index contributed by atoms with van der Waals surface area (Å²) >= 11 is 1.97. The summed E-state index contributed by atoms with van der Waals surface area (Å²) in [7, 11) is 0. The molecule has 0 atom stereocenters. The van der Waals surface area contributed by atoms with Gasteiger partial charge in [-0.25, -0.2) is 0 Å². The summed E-state index contributed by atoms with van der Waals surface area (Å²) in [5.74, 6) is 2.66. The van der Waals surface area contributed by atoms with E-state index in [4.69, 9.17) is 5.11 Å². The summed E-state index contributed by atoms with van der Waals surface area (Å²) in [5, 5.41) is 9.09. The van der Waals surface area contributed by atoms with E-state index in [1.807, 2.05) is 23.9 Å². The number of rotatable bonds is 6. The smallest absolute Gasteiger partial charge is 0.115 e. The van der Waals surface area contributed by atoms with Crippen molar-refractivity contribution in [1.82, 2.24) is 0 Å². The summed E-state index contributed by atoms with van der Waals surface area (Å²) in [5.41, 5.74) is 1.30. The monoisotopic (exact) mass is 210 g/mol. The molecule has 0 saturated carbocycles. The third-order valence-corrected chi connectivity index (χ3v) is 3.21. The van der Waals surface area contributed by atoms with E-state index < -0.39 is 0 Å². The number of benzene rings is 1. The molecular formula is C12H18OS. The van der Waals surface area contributed by atoms with Crippen LogP contribution >= 0.6 is 11.8 Å². The van der Waals surface area contributed by atoms with Crippen LogP contribution in [0.1, 0.15) is 31.7 Å². The topological polar surface area (TPSA) is 20.2 Å². The zero-order valence-corrected chi connectivity index (χ0v) is 9.52. The molecule has 78 valence electrons. The highest BCUT2D eigenvalue weighted by molar-refractivity contribution is 7.98. The summed E-state index contributed by atoms with van der Waals surface area (Å²) in [6.07, 6.45) is 3.95. The first kappa shape index (κ1) is 11.4. The number of thioether (sulfide) groups is 1. The number of phenolic OH excluding ortho intramolecular Hbond substituents is 1. The van der Waals surface area contributed by atoms with Crippen LogP contribution in [0.5, 0.6) is 5.75 Å². The second kappa shape index (κ2) is 6.77. The Bertz CT molecular complexity index is 243. The summed E-state index contributed by atoms with van der Waals surface area (Å²) < 4.78 is 0. The van der Waals surface area contributed by atoms with Crippen molar-refractivity contribution in [3.8, 4) is 5.75 Å².